The molecule has 0 aliphatic rings. The number of hydrogen-bond donors (Lipinski definition) is 1. The Bertz CT molecular complexity index is 653. The van der Waals surface area contributed by atoms with E-state index in [0.29, 0.717) is 28.7 Å². The van der Waals surface area contributed by atoms with Crippen LogP contribution in [0.25, 0.3) is 11.1 Å². The lowest BCUT2D eigenvalue weighted by Gasteiger charge is -2.13. The Kier molecular flexibility index (Phi) is 4.96. The van der Waals surface area contributed by atoms with Crippen LogP contribution in [-0.4, -0.2) is 6.04 Å². The average molecular weight is 310 g/mol. The molecular formula is C17H18ClF2N. The number of halogens is 3. The van der Waals surface area contributed by atoms with Gasteiger partial charge in [0.15, 0.2) is 0 Å². The van der Waals surface area contributed by atoms with Crippen LogP contribution in [0.2, 0.25) is 5.02 Å². The highest BCUT2D eigenvalue weighted by Crippen LogP contribution is 2.30. The molecule has 0 bridgehead atoms. The summed E-state index contributed by atoms with van der Waals surface area (Å²) in [5, 5.41) is 3.83. The van der Waals surface area contributed by atoms with E-state index in [-0.39, 0.29) is 5.56 Å². The van der Waals surface area contributed by atoms with Crippen LogP contribution in [0.5, 0.6) is 0 Å². The van der Waals surface area contributed by atoms with Crippen molar-refractivity contribution in [3.63, 3.8) is 0 Å². The lowest BCUT2D eigenvalue weighted by Crippen LogP contribution is -2.22. The smallest absolute Gasteiger partial charge is 0.136 e. The van der Waals surface area contributed by atoms with Crippen molar-refractivity contribution in [2.75, 3.05) is 0 Å². The van der Waals surface area contributed by atoms with Gasteiger partial charge in [-0.3, -0.25) is 0 Å². The fourth-order valence-corrected chi connectivity index (χ4v) is 2.29. The number of hydrogen-bond acceptors (Lipinski definition) is 1. The van der Waals surface area contributed by atoms with Crippen LogP contribution in [0.3, 0.4) is 0 Å². The fourth-order valence-electron chi connectivity index (χ4n) is 2.10. The molecule has 2 rings (SSSR count). The maximum absolute atomic E-state index is 14.2. The minimum absolute atomic E-state index is 0.00235. The Morgan fingerprint density at radius 1 is 1.14 bits per heavy atom. The van der Waals surface area contributed by atoms with Crippen molar-refractivity contribution in [3.05, 3.63) is 58.1 Å². The van der Waals surface area contributed by atoms with Gasteiger partial charge >= 0.3 is 0 Å². The Labute approximate surface area is 128 Å². The lowest BCUT2D eigenvalue weighted by molar-refractivity contribution is 0.582. The molecular weight excluding hydrogens is 292 g/mol. The Morgan fingerprint density at radius 2 is 1.86 bits per heavy atom. The first kappa shape index (κ1) is 15.9. The predicted octanol–water partition coefficient (Wildman–Crippen LogP) is 5.09. The van der Waals surface area contributed by atoms with Crippen molar-refractivity contribution in [1.29, 1.82) is 0 Å². The van der Waals surface area contributed by atoms with Gasteiger partial charge in [-0.1, -0.05) is 37.6 Å². The predicted molar refractivity (Wildman–Crippen MR) is 83.5 cm³/mol. The van der Waals surface area contributed by atoms with Gasteiger partial charge in [0.05, 0.1) is 5.56 Å². The number of aryl methyl sites for hydroxylation is 1. The topological polar surface area (TPSA) is 12.0 Å². The monoisotopic (exact) mass is 309 g/mol. The summed E-state index contributed by atoms with van der Waals surface area (Å²) in [6.45, 7) is 6.23. The molecule has 0 fully saturated rings. The zero-order valence-electron chi connectivity index (χ0n) is 12.3. The Balaban J connectivity index is 2.46. The SMILES string of the molecule is Cc1ccc(F)c(-c2ccc(Cl)c(CNC(C)C)c2)c1F. The van der Waals surface area contributed by atoms with Crippen molar-refractivity contribution in [2.24, 2.45) is 0 Å². The maximum atomic E-state index is 14.2. The summed E-state index contributed by atoms with van der Waals surface area (Å²) < 4.78 is 28.2. The fraction of sp³-hybridized carbons (Fsp3) is 0.294. The minimum atomic E-state index is -0.566. The quantitative estimate of drug-likeness (QED) is 0.829. The highest BCUT2D eigenvalue weighted by atomic mass is 35.5. The number of benzene rings is 2. The minimum Gasteiger partial charge on any atom is -0.310 e. The summed E-state index contributed by atoms with van der Waals surface area (Å²) in [6.07, 6.45) is 0. The zero-order chi connectivity index (χ0) is 15.6. The number of nitrogens with one attached hydrogen (secondary N) is 1. The summed E-state index contributed by atoms with van der Waals surface area (Å²) in [7, 11) is 0. The van der Waals surface area contributed by atoms with Gasteiger partial charge in [0.25, 0.3) is 0 Å². The third-order valence-electron chi connectivity index (χ3n) is 3.32. The summed E-state index contributed by atoms with van der Waals surface area (Å²) in [6, 6.07) is 8.08. The molecule has 0 saturated heterocycles. The van der Waals surface area contributed by atoms with Crippen LogP contribution in [0.15, 0.2) is 30.3 Å². The maximum Gasteiger partial charge on any atom is 0.136 e. The van der Waals surface area contributed by atoms with Crippen LogP contribution < -0.4 is 5.32 Å². The van der Waals surface area contributed by atoms with Crippen LogP contribution in [-0.2, 0) is 6.54 Å². The van der Waals surface area contributed by atoms with Crippen LogP contribution >= 0.6 is 11.6 Å². The molecule has 0 unspecified atom stereocenters. The van der Waals surface area contributed by atoms with E-state index in [1.807, 2.05) is 13.8 Å². The summed E-state index contributed by atoms with van der Waals surface area (Å²) in [4.78, 5) is 0. The van der Waals surface area contributed by atoms with Gasteiger partial charge in [0.1, 0.15) is 11.6 Å². The molecule has 0 heterocycles. The molecule has 2 aromatic rings. The summed E-state index contributed by atoms with van der Waals surface area (Å²) >= 11 is 6.15. The van der Waals surface area contributed by atoms with E-state index in [0.717, 1.165) is 5.56 Å². The van der Waals surface area contributed by atoms with Gasteiger partial charge in [0, 0.05) is 17.6 Å². The van der Waals surface area contributed by atoms with E-state index in [9.17, 15) is 8.78 Å². The van der Waals surface area contributed by atoms with E-state index in [1.165, 1.54) is 12.1 Å². The van der Waals surface area contributed by atoms with Gasteiger partial charge in [0.2, 0.25) is 0 Å². The molecule has 2 aromatic carbocycles. The van der Waals surface area contributed by atoms with E-state index >= 15 is 0 Å². The molecule has 0 spiro atoms. The van der Waals surface area contributed by atoms with Crippen molar-refractivity contribution < 1.29 is 8.78 Å². The molecule has 0 saturated carbocycles. The van der Waals surface area contributed by atoms with E-state index in [2.05, 4.69) is 5.32 Å². The van der Waals surface area contributed by atoms with Crippen molar-refractivity contribution in [2.45, 2.75) is 33.4 Å². The highest BCUT2D eigenvalue weighted by molar-refractivity contribution is 6.31. The Hall–Kier alpha value is -1.45. The first-order chi connectivity index (χ1) is 9.90. The van der Waals surface area contributed by atoms with E-state index < -0.39 is 11.6 Å². The summed E-state index contributed by atoms with van der Waals surface area (Å²) in [5.74, 6) is -1.09. The summed E-state index contributed by atoms with van der Waals surface area (Å²) in [5.41, 5.74) is 1.74. The van der Waals surface area contributed by atoms with E-state index in [4.69, 9.17) is 11.6 Å². The molecule has 0 aliphatic carbocycles. The second-order valence-corrected chi connectivity index (χ2v) is 5.80. The van der Waals surface area contributed by atoms with Crippen molar-refractivity contribution >= 4 is 11.6 Å². The van der Waals surface area contributed by atoms with Gasteiger partial charge in [-0.2, -0.15) is 0 Å². The molecule has 0 aromatic heterocycles. The van der Waals surface area contributed by atoms with Crippen molar-refractivity contribution in [1.82, 2.24) is 5.32 Å². The van der Waals surface area contributed by atoms with Crippen LogP contribution in [0.4, 0.5) is 8.78 Å². The van der Waals surface area contributed by atoms with Gasteiger partial charge in [-0.25, -0.2) is 8.78 Å². The van der Waals surface area contributed by atoms with Crippen molar-refractivity contribution in [3.8, 4) is 11.1 Å². The first-order valence-electron chi connectivity index (χ1n) is 6.87. The molecule has 0 amide bonds. The third-order valence-corrected chi connectivity index (χ3v) is 3.69. The molecule has 0 radical (unpaired) electrons. The third kappa shape index (κ3) is 3.60. The van der Waals surface area contributed by atoms with E-state index in [1.54, 1.807) is 25.1 Å². The zero-order valence-corrected chi connectivity index (χ0v) is 13.1. The number of rotatable bonds is 4. The Morgan fingerprint density at radius 3 is 2.52 bits per heavy atom. The van der Waals surface area contributed by atoms with Crippen LogP contribution in [0, 0.1) is 18.6 Å². The highest BCUT2D eigenvalue weighted by Gasteiger charge is 2.15. The standard InChI is InChI=1S/C17H18ClF2N/c1-10(2)21-9-13-8-12(5-6-14(13)18)16-15(19)7-4-11(3)17(16)20/h4-8,10,21H,9H2,1-3H3. The largest absolute Gasteiger partial charge is 0.310 e. The molecule has 1 nitrogen and oxygen atoms in total. The van der Waals surface area contributed by atoms with Gasteiger partial charge in [-0.05, 0) is 41.8 Å². The average Bonchev–Trinajstić information content (AvgIpc) is 2.43. The molecule has 4 heteroatoms. The normalized spacial score (nSPS) is 11.2. The second-order valence-electron chi connectivity index (χ2n) is 5.40. The van der Waals surface area contributed by atoms with Gasteiger partial charge in [-0.15, -0.1) is 0 Å². The molecule has 0 aliphatic heterocycles. The second kappa shape index (κ2) is 6.54. The lowest BCUT2D eigenvalue weighted by atomic mass is 9.99. The van der Waals surface area contributed by atoms with Crippen LogP contribution in [0.1, 0.15) is 25.0 Å². The first-order valence-corrected chi connectivity index (χ1v) is 7.24. The molecule has 1 N–H and O–H groups in total. The molecule has 0 atom stereocenters. The molecule has 21 heavy (non-hydrogen) atoms. The molecule has 112 valence electrons. The van der Waals surface area contributed by atoms with Gasteiger partial charge < -0.3 is 5.32 Å².